The zero-order valence-corrected chi connectivity index (χ0v) is 11.8. The third kappa shape index (κ3) is 3.04. The lowest BCUT2D eigenvalue weighted by Crippen LogP contribution is -2.06. The molecular formula is C13H18N4S. The average Bonchev–Trinajstić information content (AvgIpc) is 2.89. The maximum Gasteiger partial charge on any atom is 0.190 e. The van der Waals surface area contributed by atoms with Crippen LogP contribution in [0.25, 0.3) is 10.8 Å². The van der Waals surface area contributed by atoms with Crippen LogP contribution in [-0.2, 0) is 0 Å². The Balaban J connectivity index is 2.36. The van der Waals surface area contributed by atoms with Gasteiger partial charge in [-0.25, -0.2) is 15.0 Å². The van der Waals surface area contributed by atoms with Gasteiger partial charge < -0.3 is 5.32 Å². The summed E-state index contributed by atoms with van der Waals surface area (Å²) in [5.41, 5.74) is 1.05. The zero-order chi connectivity index (χ0) is 13.0. The summed E-state index contributed by atoms with van der Waals surface area (Å²) in [6.45, 7) is 7.33. The van der Waals surface area contributed by atoms with E-state index in [4.69, 9.17) is 0 Å². The molecule has 18 heavy (non-hydrogen) atoms. The molecule has 4 nitrogen and oxygen atoms in total. The molecule has 2 heterocycles. The highest BCUT2D eigenvalue weighted by Gasteiger charge is 2.10. The Labute approximate surface area is 112 Å². The minimum Gasteiger partial charge on any atom is -0.370 e. The summed E-state index contributed by atoms with van der Waals surface area (Å²) in [4.78, 5) is 13.4. The van der Waals surface area contributed by atoms with E-state index < -0.39 is 0 Å². The van der Waals surface area contributed by atoms with E-state index in [1.807, 2.05) is 11.4 Å². The summed E-state index contributed by atoms with van der Waals surface area (Å²) in [7, 11) is 0. The largest absolute Gasteiger partial charge is 0.370 e. The number of nitrogens with one attached hydrogen (secondary N) is 1. The van der Waals surface area contributed by atoms with Crippen molar-refractivity contribution < 1.29 is 0 Å². The molecule has 0 aliphatic carbocycles. The molecule has 0 radical (unpaired) electrons. The number of hydrogen-bond donors (Lipinski definition) is 1. The van der Waals surface area contributed by atoms with Crippen LogP contribution in [0.5, 0.6) is 0 Å². The second-order valence-corrected chi connectivity index (χ2v) is 5.31. The monoisotopic (exact) mass is 262 g/mol. The first-order valence-corrected chi connectivity index (χ1v) is 7.11. The molecule has 0 aromatic carbocycles. The molecule has 1 N–H and O–H groups in total. The maximum atomic E-state index is 4.58. The van der Waals surface area contributed by atoms with E-state index >= 15 is 0 Å². The molecule has 96 valence electrons. The molecule has 0 saturated heterocycles. The topological polar surface area (TPSA) is 50.7 Å². The van der Waals surface area contributed by atoms with E-state index in [1.54, 1.807) is 17.5 Å². The van der Waals surface area contributed by atoms with Crippen LogP contribution in [0.3, 0.4) is 0 Å². The smallest absolute Gasteiger partial charge is 0.190 e. The van der Waals surface area contributed by atoms with Crippen LogP contribution in [0.15, 0.2) is 17.6 Å². The summed E-state index contributed by atoms with van der Waals surface area (Å²) >= 11 is 1.57. The van der Waals surface area contributed by atoms with Crippen LogP contribution >= 0.6 is 11.3 Å². The number of anilines is 1. The van der Waals surface area contributed by atoms with Crippen LogP contribution in [-0.4, -0.2) is 21.5 Å². The summed E-state index contributed by atoms with van der Waals surface area (Å²) in [5, 5.41) is 6.13. The molecule has 0 atom stereocenters. The van der Waals surface area contributed by atoms with Crippen LogP contribution in [0.4, 0.5) is 5.82 Å². The van der Waals surface area contributed by atoms with Crippen LogP contribution in [0.1, 0.15) is 38.8 Å². The minimum atomic E-state index is 0.383. The molecule has 0 aliphatic heterocycles. The van der Waals surface area contributed by atoms with Crippen molar-refractivity contribution >= 4 is 17.2 Å². The van der Waals surface area contributed by atoms with Gasteiger partial charge in [-0.15, -0.1) is 11.3 Å². The maximum absolute atomic E-state index is 4.58. The van der Waals surface area contributed by atoms with Crippen molar-refractivity contribution in [1.82, 2.24) is 15.0 Å². The van der Waals surface area contributed by atoms with Crippen LogP contribution < -0.4 is 5.32 Å². The second-order valence-electron chi connectivity index (χ2n) is 4.42. The molecule has 0 bridgehead atoms. The lowest BCUT2D eigenvalue weighted by atomic mass is 10.1. The van der Waals surface area contributed by atoms with Gasteiger partial charge in [-0.3, -0.25) is 0 Å². The third-order valence-corrected chi connectivity index (χ3v) is 3.29. The Morgan fingerprint density at radius 1 is 1.33 bits per heavy atom. The average molecular weight is 262 g/mol. The zero-order valence-electron chi connectivity index (χ0n) is 11.0. The summed E-state index contributed by atoms with van der Waals surface area (Å²) in [5.74, 6) is 1.99. The van der Waals surface area contributed by atoms with Crippen molar-refractivity contribution in [3.05, 3.63) is 23.3 Å². The molecule has 2 rings (SSSR count). The second kappa shape index (κ2) is 5.91. The lowest BCUT2D eigenvalue weighted by molar-refractivity contribution is 0.815. The van der Waals surface area contributed by atoms with Gasteiger partial charge in [-0.2, -0.15) is 0 Å². The third-order valence-electron chi connectivity index (χ3n) is 2.52. The van der Waals surface area contributed by atoms with Gasteiger partial charge in [0, 0.05) is 29.9 Å². The van der Waals surface area contributed by atoms with Gasteiger partial charge >= 0.3 is 0 Å². The molecule has 2 aromatic heterocycles. The summed E-state index contributed by atoms with van der Waals surface area (Å²) in [6.07, 6.45) is 2.86. The van der Waals surface area contributed by atoms with Gasteiger partial charge in [-0.1, -0.05) is 20.8 Å². The highest BCUT2D eigenvalue weighted by atomic mass is 32.1. The number of hydrogen-bond acceptors (Lipinski definition) is 5. The molecule has 0 amide bonds. The molecule has 0 fully saturated rings. The predicted octanol–water partition coefficient (Wildman–Crippen LogP) is 3.55. The van der Waals surface area contributed by atoms with Crippen molar-refractivity contribution in [3.8, 4) is 10.8 Å². The number of nitrogens with zero attached hydrogens (tertiary/aromatic N) is 3. The normalized spacial score (nSPS) is 10.9. The predicted molar refractivity (Wildman–Crippen MR) is 76.0 cm³/mol. The van der Waals surface area contributed by atoms with Gasteiger partial charge in [0.1, 0.15) is 5.82 Å². The molecule has 5 heteroatoms. The van der Waals surface area contributed by atoms with E-state index in [1.165, 1.54) is 0 Å². The number of rotatable bonds is 5. The highest BCUT2D eigenvalue weighted by Crippen LogP contribution is 2.23. The van der Waals surface area contributed by atoms with Crippen molar-refractivity contribution in [3.63, 3.8) is 0 Å². The van der Waals surface area contributed by atoms with E-state index in [9.17, 15) is 0 Å². The van der Waals surface area contributed by atoms with Gasteiger partial charge in [0.15, 0.2) is 10.8 Å². The molecule has 0 spiro atoms. The fourth-order valence-corrected chi connectivity index (χ4v) is 2.10. The first kappa shape index (κ1) is 13.0. The molecule has 0 aliphatic rings. The standard InChI is InChI=1S/C13H18N4S/c1-4-5-14-11-8-10(9(2)3)16-12(17-11)13-15-6-7-18-13/h6-9H,4-5H2,1-3H3,(H,14,16,17). The fraction of sp³-hybridized carbons (Fsp3) is 0.462. The quantitative estimate of drug-likeness (QED) is 0.895. The van der Waals surface area contributed by atoms with Gasteiger partial charge in [-0.05, 0) is 12.3 Å². The highest BCUT2D eigenvalue weighted by molar-refractivity contribution is 7.13. The summed E-state index contributed by atoms with van der Waals surface area (Å²) < 4.78 is 0. The molecule has 0 unspecified atom stereocenters. The van der Waals surface area contributed by atoms with E-state index in [0.717, 1.165) is 35.3 Å². The first-order valence-electron chi connectivity index (χ1n) is 6.23. The van der Waals surface area contributed by atoms with Crippen molar-refractivity contribution in [2.45, 2.75) is 33.1 Å². The van der Waals surface area contributed by atoms with Crippen LogP contribution in [0, 0.1) is 0 Å². The molecular weight excluding hydrogens is 244 g/mol. The number of thiazole rings is 1. The number of aromatic nitrogens is 3. The van der Waals surface area contributed by atoms with E-state index in [2.05, 4.69) is 41.0 Å². The van der Waals surface area contributed by atoms with Crippen molar-refractivity contribution in [1.29, 1.82) is 0 Å². The first-order chi connectivity index (χ1) is 8.70. The Hall–Kier alpha value is -1.49. The van der Waals surface area contributed by atoms with Crippen molar-refractivity contribution in [2.24, 2.45) is 0 Å². The van der Waals surface area contributed by atoms with Crippen molar-refractivity contribution in [2.75, 3.05) is 11.9 Å². The SMILES string of the molecule is CCCNc1cc(C(C)C)nc(-c2nccs2)n1. The van der Waals surface area contributed by atoms with Gasteiger partial charge in [0.05, 0.1) is 0 Å². The Morgan fingerprint density at radius 2 is 2.17 bits per heavy atom. The lowest BCUT2D eigenvalue weighted by Gasteiger charge is -2.10. The fourth-order valence-electron chi connectivity index (χ4n) is 1.53. The minimum absolute atomic E-state index is 0.383. The van der Waals surface area contributed by atoms with Gasteiger partial charge in [0.2, 0.25) is 0 Å². The molecule has 0 saturated carbocycles. The van der Waals surface area contributed by atoms with Gasteiger partial charge in [0.25, 0.3) is 0 Å². The van der Waals surface area contributed by atoms with E-state index in [0.29, 0.717) is 5.92 Å². The summed E-state index contributed by atoms with van der Waals surface area (Å²) in [6, 6.07) is 2.03. The van der Waals surface area contributed by atoms with E-state index in [-0.39, 0.29) is 0 Å². The van der Waals surface area contributed by atoms with Crippen LogP contribution in [0.2, 0.25) is 0 Å². The Kier molecular flexibility index (Phi) is 4.25. The molecule has 2 aromatic rings. The Bertz CT molecular complexity index is 494. The Morgan fingerprint density at radius 3 is 2.78 bits per heavy atom.